The summed E-state index contributed by atoms with van der Waals surface area (Å²) in [5.41, 5.74) is 3.97. The van der Waals surface area contributed by atoms with Gasteiger partial charge in [-0.3, -0.25) is 0 Å². The number of allylic oxidation sites excluding steroid dienone is 3. The third-order valence-corrected chi connectivity index (χ3v) is 2.85. The minimum atomic E-state index is 1.03. The van der Waals surface area contributed by atoms with Crippen LogP contribution in [0.2, 0.25) is 0 Å². The molecule has 2 N–H and O–H groups in total. The van der Waals surface area contributed by atoms with E-state index in [4.69, 9.17) is 0 Å². The average molecular weight is 187 g/mol. The molecule has 0 unspecified atom stereocenters. The summed E-state index contributed by atoms with van der Waals surface area (Å²) < 4.78 is 0. The van der Waals surface area contributed by atoms with Gasteiger partial charge < -0.3 is 15.5 Å². The first-order valence-corrected chi connectivity index (χ1v) is 4.94. The van der Waals surface area contributed by atoms with Gasteiger partial charge in [-0.15, -0.1) is 0 Å². The van der Waals surface area contributed by atoms with E-state index in [0.717, 1.165) is 13.0 Å². The fourth-order valence-electron chi connectivity index (χ4n) is 2.08. The lowest BCUT2D eigenvalue weighted by molar-refractivity contribution is 0.558. The molecule has 0 aromatic heterocycles. The third kappa shape index (κ3) is 0.923. The zero-order chi connectivity index (χ0) is 9.54. The molecule has 3 rings (SSSR count). The van der Waals surface area contributed by atoms with Crippen molar-refractivity contribution in [3.8, 4) is 0 Å². The second kappa shape index (κ2) is 2.67. The van der Waals surface area contributed by atoms with Crippen molar-refractivity contribution in [3.63, 3.8) is 0 Å². The zero-order valence-corrected chi connectivity index (χ0v) is 8.17. The lowest BCUT2D eigenvalue weighted by atomic mass is 9.98. The van der Waals surface area contributed by atoms with Crippen LogP contribution in [-0.4, -0.2) is 11.4 Å². The summed E-state index contributed by atoms with van der Waals surface area (Å²) in [4.78, 5) is 2.21. The highest BCUT2D eigenvalue weighted by Gasteiger charge is 2.24. The Balaban J connectivity index is 2.09. The number of fused-ring (bicyclic) bond motifs is 2. The third-order valence-electron chi connectivity index (χ3n) is 2.85. The Morgan fingerprint density at radius 1 is 1.36 bits per heavy atom. The summed E-state index contributed by atoms with van der Waals surface area (Å²) in [6.45, 7) is 3.14. The highest BCUT2D eigenvalue weighted by Crippen LogP contribution is 2.31. The predicted molar refractivity (Wildman–Crippen MR) is 55.6 cm³/mol. The van der Waals surface area contributed by atoms with E-state index in [2.05, 4.69) is 47.1 Å². The molecule has 3 heteroatoms. The second-order valence-corrected chi connectivity index (χ2v) is 3.75. The van der Waals surface area contributed by atoms with Crippen LogP contribution >= 0.6 is 0 Å². The van der Waals surface area contributed by atoms with Crippen LogP contribution in [0.5, 0.6) is 0 Å². The van der Waals surface area contributed by atoms with E-state index in [1.807, 2.05) is 0 Å². The van der Waals surface area contributed by atoms with Crippen LogP contribution in [-0.2, 0) is 0 Å². The van der Waals surface area contributed by atoms with Gasteiger partial charge in [0, 0.05) is 36.4 Å². The van der Waals surface area contributed by atoms with Crippen molar-refractivity contribution in [1.29, 1.82) is 0 Å². The maximum atomic E-state index is 3.33. The van der Waals surface area contributed by atoms with Crippen molar-refractivity contribution in [2.75, 3.05) is 6.54 Å². The zero-order valence-electron chi connectivity index (χ0n) is 8.17. The van der Waals surface area contributed by atoms with Crippen LogP contribution in [0.4, 0.5) is 0 Å². The fraction of sp³-hybridized carbons (Fsp3) is 0.273. The average Bonchev–Trinajstić information content (AvgIpc) is 2.61. The first-order valence-electron chi connectivity index (χ1n) is 4.94. The summed E-state index contributed by atoms with van der Waals surface area (Å²) in [5, 5.41) is 6.60. The first-order chi connectivity index (χ1) is 6.86. The van der Waals surface area contributed by atoms with Gasteiger partial charge in [0.15, 0.2) is 0 Å². The number of hydrogen-bond donors (Lipinski definition) is 2. The smallest absolute Gasteiger partial charge is 0.118 e. The van der Waals surface area contributed by atoms with E-state index in [-0.39, 0.29) is 0 Å². The Labute approximate surface area is 83.5 Å². The predicted octanol–water partition coefficient (Wildman–Crippen LogP) is 1.37. The molecule has 3 aliphatic heterocycles. The first kappa shape index (κ1) is 7.74. The lowest BCUT2D eigenvalue weighted by Gasteiger charge is -2.27. The summed E-state index contributed by atoms with van der Waals surface area (Å²) in [7, 11) is 0. The maximum absolute atomic E-state index is 3.33. The molecule has 0 bridgehead atoms. The Kier molecular flexibility index (Phi) is 1.48. The van der Waals surface area contributed by atoms with Crippen LogP contribution in [0.1, 0.15) is 13.3 Å². The Morgan fingerprint density at radius 3 is 3.21 bits per heavy atom. The molecule has 0 aromatic rings. The van der Waals surface area contributed by atoms with E-state index in [9.17, 15) is 0 Å². The molecule has 0 aliphatic carbocycles. The molecule has 3 nitrogen and oxygen atoms in total. The van der Waals surface area contributed by atoms with Gasteiger partial charge >= 0.3 is 0 Å². The van der Waals surface area contributed by atoms with Crippen molar-refractivity contribution in [2.24, 2.45) is 0 Å². The standard InChI is InChI=1S/C11H13N3/c1-8-6-13-11-10-2-4-12-7-9(10)3-5-14(8)11/h3,5-7,12-13H,2,4H2,1H3. The molecular weight excluding hydrogens is 174 g/mol. The van der Waals surface area contributed by atoms with Crippen molar-refractivity contribution in [2.45, 2.75) is 13.3 Å². The molecule has 3 aliphatic rings. The molecule has 0 amide bonds. The van der Waals surface area contributed by atoms with Gasteiger partial charge in [-0.25, -0.2) is 0 Å². The normalized spacial score (nSPS) is 23.4. The number of nitrogens with zero attached hydrogens (tertiary/aromatic N) is 1. The summed E-state index contributed by atoms with van der Waals surface area (Å²) in [6, 6.07) is 0. The molecule has 0 saturated heterocycles. The molecule has 72 valence electrons. The Bertz CT molecular complexity index is 399. The minimum Gasteiger partial charge on any atom is -0.390 e. The SMILES string of the molecule is CC1=CNC2=C3CCNC=C3C=CN12. The van der Waals surface area contributed by atoms with Crippen LogP contribution in [0.3, 0.4) is 0 Å². The van der Waals surface area contributed by atoms with Crippen molar-refractivity contribution >= 4 is 0 Å². The minimum absolute atomic E-state index is 1.03. The van der Waals surface area contributed by atoms with Crippen molar-refractivity contribution in [1.82, 2.24) is 15.5 Å². The van der Waals surface area contributed by atoms with E-state index in [0.29, 0.717) is 0 Å². The summed E-state index contributed by atoms with van der Waals surface area (Å²) in [5.74, 6) is 1.23. The summed E-state index contributed by atoms with van der Waals surface area (Å²) >= 11 is 0. The van der Waals surface area contributed by atoms with E-state index in [1.54, 1.807) is 0 Å². The number of rotatable bonds is 0. The monoisotopic (exact) mass is 187 g/mol. The van der Waals surface area contributed by atoms with Gasteiger partial charge in [-0.1, -0.05) is 0 Å². The Hall–Kier alpha value is -1.64. The lowest BCUT2D eigenvalue weighted by Crippen LogP contribution is -2.26. The summed E-state index contributed by atoms with van der Waals surface area (Å²) in [6.07, 6.45) is 9.52. The molecule has 0 fully saturated rings. The van der Waals surface area contributed by atoms with Gasteiger partial charge in [0.05, 0.1) is 0 Å². The molecule has 0 atom stereocenters. The molecule has 0 spiro atoms. The second-order valence-electron chi connectivity index (χ2n) is 3.75. The Morgan fingerprint density at radius 2 is 2.29 bits per heavy atom. The van der Waals surface area contributed by atoms with Gasteiger partial charge in [-0.2, -0.15) is 0 Å². The molecule has 3 heterocycles. The topological polar surface area (TPSA) is 27.3 Å². The van der Waals surface area contributed by atoms with Gasteiger partial charge in [0.2, 0.25) is 0 Å². The van der Waals surface area contributed by atoms with Crippen LogP contribution < -0.4 is 10.6 Å². The molecular formula is C11H13N3. The number of nitrogens with one attached hydrogen (secondary N) is 2. The highest BCUT2D eigenvalue weighted by molar-refractivity contribution is 5.49. The van der Waals surface area contributed by atoms with Crippen molar-refractivity contribution in [3.05, 3.63) is 47.3 Å². The number of hydrogen-bond acceptors (Lipinski definition) is 3. The van der Waals surface area contributed by atoms with Gasteiger partial charge in [0.1, 0.15) is 5.82 Å². The molecule has 0 radical (unpaired) electrons. The van der Waals surface area contributed by atoms with Crippen LogP contribution in [0.15, 0.2) is 47.3 Å². The van der Waals surface area contributed by atoms with E-state index in [1.165, 1.54) is 22.7 Å². The van der Waals surface area contributed by atoms with E-state index < -0.39 is 0 Å². The highest BCUT2D eigenvalue weighted by atomic mass is 15.3. The maximum Gasteiger partial charge on any atom is 0.118 e. The van der Waals surface area contributed by atoms with E-state index >= 15 is 0 Å². The van der Waals surface area contributed by atoms with Crippen LogP contribution in [0, 0.1) is 0 Å². The molecule has 0 saturated carbocycles. The van der Waals surface area contributed by atoms with Crippen molar-refractivity contribution < 1.29 is 0 Å². The molecule has 14 heavy (non-hydrogen) atoms. The van der Waals surface area contributed by atoms with Gasteiger partial charge in [0.25, 0.3) is 0 Å². The molecule has 0 aromatic carbocycles. The quantitative estimate of drug-likeness (QED) is 0.599. The van der Waals surface area contributed by atoms with Gasteiger partial charge in [-0.05, 0) is 25.0 Å². The largest absolute Gasteiger partial charge is 0.390 e. The van der Waals surface area contributed by atoms with Crippen LogP contribution in [0.25, 0.3) is 0 Å². The fourth-order valence-corrected chi connectivity index (χ4v) is 2.08.